The van der Waals surface area contributed by atoms with Crippen molar-refractivity contribution in [3.63, 3.8) is 0 Å². The fourth-order valence-electron chi connectivity index (χ4n) is 1.29. The molecule has 6 heteroatoms. The first-order valence-electron chi connectivity index (χ1n) is 5.85. The van der Waals surface area contributed by atoms with Gasteiger partial charge < -0.3 is 18.9 Å². The van der Waals surface area contributed by atoms with Crippen molar-refractivity contribution >= 4 is 11.9 Å². The van der Waals surface area contributed by atoms with Crippen molar-refractivity contribution in [2.24, 2.45) is 0 Å². The van der Waals surface area contributed by atoms with Crippen LogP contribution >= 0.6 is 0 Å². The first kappa shape index (κ1) is 13.7. The predicted octanol–water partition coefficient (Wildman–Crippen LogP) is 1.48. The lowest BCUT2D eigenvalue weighted by Crippen LogP contribution is -2.09. The molecule has 0 bridgehead atoms. The maximum Gasteiger partial charge on any atom is 0.338 e. The van der Waals surface area contributed by atoms with E-state index < -0.39 is 11.9 Å². The normalized spacial score (nSPS) is 16.8. The number of ether oxygens (including phenoxy) is 4. The molecule has 0 aromatic heterocycles. The van der Waals surface area contributed by atoms with Crippen LogP contribution in [-0.4, -0.2) is 25.2 Å². The lowest BCUT2D eigenvalue weighted by Gasteiger charge is -2.10. The first-order valence-corrected chi connectivity index (χ1v) is 5.85. The van der Waals surface area contributed by atoms with E-state index in [0.29, 0.717) is 13.2 Å². The van der Waals surface area contributed by atoms with Gasteiger partial charge in [0, 0.05) is 24.3 Å². The smallest absolute Gasteiger partial charge is 0.338 e. The number of rotatable bonds is 4. The number of carbonyl (C=O) groups is 2. The van der Waals surface area contributed by atoms with Gasteiger partial charge in [0.2, 0.25) is 0 Å². The van der Waals surface area contributed by atoms with E-state index in [9.17, 15) is 9.59 Å². The third-order valence-electron chi connectivity index (χ3n) is 2.14. The van der Waals surface area contributed by atoms with Crippen LogP contribution in [0.4, 0.5) is 0 Å². The highest BCUT2D eigenvalue weighted by Gasteiger charge is 2.09. The van der Waals surface area contributed by atoms with Crippen molar-refractivity contribution in [1.82, 2.24) is 0 Å². The van der Waals surface area contributed by atoms with Gasteiger partial charge in [-0.25, -0.2) is 9.59 Å². The van der Waals surface area contributed by atoms with Gasteiger partial charge in [0.25, 0.3) is 11.9 Å². The summed E-state index contributed by atoms with van der Waals surface area (Å²) in [4.78, 5) is 22.8. The number of carbonyl (C=O) groups excluding carboxylic acids is 2. The summed E-state index contributed by atoms with van der Waals surface area (Å²) in [6.45, 7) is 0.674. The molecule has 104 valence electrons. The zero-order valence-electron chi connectivity index (χ0n) is 10.5. The molecule has 2 aliphatic rings. The van der Waals surface area contributed by atoms with Gasteiger partial charge in [0.15, 0.2) is 0 Å². The third-order valence-corrected chi connectivity index (χ3v) is 2.14. The number of esters is 2. The van der Waals surface area contributed by atoms with Crippen LogP contribution < -0.4 is 0 Å². The lowest BCUT2D eigenvalue weighted by atomic mass is 10.4. The minimum Gasteiger partial charge on any atom is -0.461 e. The number of hydrogen-bond donors (Lipinski definition) is 0. The number of hydrogen-bond acceptors (Lipinski definition) is 6. The Hall–Kier alpha value is -2.76. The molecular formula is C14H12O6. The summed E-state index contributed by atoms with van der Waals surface area (Å²) < 4.78 is 19.7. The molecule has 20 heavy (non-hydrogen) atoms. The monoisotopic (exact) mass is 276 g/mol. The first-order chi connectivity index (χ1) is 9.74. The molecule has 0 aromatic rings. The second-order valence-corrected chi connectivity index (χ2v) is 3.63. The average molecular weight is 276 g/mol. The van der Waals surface area contributed by atoms with Crippen LogP contribution in [0.3, 0.4) is 0 Å². The molecule has 0 amide bonds. The molecular weight excluding hydrogens is 264 g/mol. The SMILES string of the molecule is O=C(C=CC(=O)OC1=CC=CCO1)OC1=CC=CCO1. The second-order valence-electron chi connectivity index (χ2n) is 3.63. The summed E-state index contributed by atoms with van der Waals surface area (Å²) in [6, 6.07) is 0. The maximum absolute atomic E-state index is 11.4. The molecule has 0 radical (unpaired) electrons. The molecule has 6 nitrogen and oxygen atoms in total. The van der Waals surface area contributed by atoms with Crippen molar-refractivity contribution < 1.29 is 28.5 Å². The van der Waals surface area contributed by atoms with Gasteiger partial charge in [0.05, 0.1) is 0 Å². The molecule has 0 aromatic carbocycles. The topological polar surface area (TPSA) is 71.1 Å². The summed E-state index contributed by atoms with van der Waals surface area (Å²) in [5, 5.41) is 0. The Kier molecular flexibility index (Phi) is 4.77. The van der Waals surface area contributed by atoms with Crippen LogP contribution in [0.2, 0.25) is 0 Å². The van der Waals surface area contributed by atoms with Crippen molar-refractivity contribution in [2.75, 3.05) is 13.2 Å². The van der Waals surface area contributed by atoms with Gasteiger partial charge in [-0.2, -0.15) is 0 Å². The Morgan fingerprint density at radius 3 is 1.70 bits per heavy atom. The summed E-state index contributed by atoms with van der Waals surface area (Å²) >= 11 is 0. The van der Waals surface area contributed by atoms with Crippen LogP contribution in [0.1, 0.15) is 0 Å². The summed E-state index contributed by atoms with van der Waals surface area (Å²) in [7, 11) is 0. The van der Waals surface area contributed by atoms with Crippen LogP contribution in [0, 0.1) is 0 Å². The fourth-order valence-corrected chi connectivity index (χ4v) is 1.29. The van der Waals surface area contributed by atoms with Crippen molar-refractivity contribution in [3.8, 4) is 0 Å². The number of allylic oxidation sites excluding steroid dienone is 4. The standard InChI is InChI=1S/C14H12O6/c15-11(19-13-5-1-3-9-17-13)7-8-12(16)20-14-6-2-4-10-18-14/h1-8H,9-10H2. The fraction of sp³-hybridized carbons (Fsp3) is 0.143. The minimum atomic E-state index is -0.734. The highest BCUT2D eigenvalue weighted by molar-refractivity contribution is 5.92. The zero-order valence-corrected chi connectivity index (χ0v) is 10.5. The molecule has 0 saturated heterocycles. The molecule has 0 unspecified atom stereocenters. The van der Waals surface area contributed by atoms with E-state index in [1.807, 2.05) is 0 Å². The molecule has 0 atom stereocenters. The Morgan fingerprint density at radius 1 is 0.900 bits per heavy atom. The van der Waals surface area contributed by atoms with E-state index in [1.165, 1.54) is 12.2 Å². The molecule has 0 saturated carbocycles. The quantitative estimate of drug-likeness (QED) is 0.572. The van der Waals surface area contributed by atoms with Crippen molar-refractivity contribution in [3.05, 3.63) is 60.5 Å². The summed E-state index contributed by atoms with van der Waals surface area (Å²) in [6.07, 6.45) is 11.8. The van der Waals surface area contributed by atoms with Crippen LogP contribution in [0.15, 0.2) is 60.5 Å². The summed E-state index contributed by atoms with van der Waals surface area (Å²) in [5.41, 5.74) is 0. The predicted molar refractivity (Wildman–Crippen MR) is 67.7 cm³/mol. The second kappa shape index (κ2) is 6.98. The van der Waals surface area contributed by atoms with Crippen LogP contribution in [0.25, 0.3) is 0 Å². The average Bonchev–Trinajstić information content (AvgIpc) is 2.47. The van der Waals surface area contributed by atoms with E-state index >= 15 is 0 Å². The van der Waals surface area contributed by atoms with Gasteiger partial charge >= 0.3 is 11.9 Å². The Balaban J connectivity index is 1.79. The van der Waals surface area contributed by atoms with Gasteiger partial charge in [0.1, 0.15) is 13.2 Å². The highest BCUT2D eigenvalue weighted by Crippen LogP contribution is 2.07. The van der Waals surface area contributed by atoms with Gasteiger partial charge in [-0.05, 0) is 12.2 Å². The Morgan fingerprint density at radius 2 is 1.35 bits per heavy atom. The molecule has 0 fully saturated rings. The Labute approximate surface area is 115 Å². The molecule has 0 spiro atoms. The van der Waals surface area contributed by atoms with Gasteiger partial charge in [-0.1, -0.05) is 12.2 Å². The zero-order chi connectivity index (χ0) is 14.2. The van der Waals surface area contributed by atoms with Crippen LogP contribution in [0.5, 0.6) is 0 Å². The van der Waals surface area contributed by atoms with Crippen LogP contribution in [-0.2, 0) is 28.5 Å². The highest BCUT2D eigenvalue weighted by atomic mass is 16.7. The van der Waals surface area contributed by atoms with E-state index in [-0.39, 0.29) is 11.9 Å². The van der Waals surface area contributed by atoms with E-state index in [4.69, 9.17) is 18.9 Å². The molecule has 0 N–H and O–H groups in total. The third kappa shape index (κ3) is 4.49. The van der Waals surface area contributed by atoms with Crippen molar-refractivity contribution in [2.45, 2.75) is 0 Å². The Bertz CT molecular complexity index is 488. The van der Waals surface area contributed by atoms with Gasteiger partial charge in [-0.3, -0.25) is 0 Å². The molecule has 2 aliphatic heterocycles. The molecule has 2 rings (SSSR count). The van der Waals surface area contributed by atoms with Crippen molar-refractivity contribution in [1.29, 1.82) is 0 Å². The molecule has 0 aliphatic carbocycles. The van der Waals surface area contributed by atoms with E-state index in [2.05, 4.69) is 0 Å². The summed E-state index contributed by atoms with van der Waals surface area (Å²) in [5.74, 6) is -1.30. The largest absolute Gasteiger partial charge is 0.461 e. The minimum absolute atomic E-state index is 0.0824. The van der Waals surface area contributed by atoms with E-state index in [1.54, 1.807) is 24.3 Å². The lowest BCUT2D eigenvalue weighted by molar-refractivity contribution is -0.141. The maximum atomic E-state index is 11.4. The van der Waals surface area contributed by atoms with Gasteiger partial charge in [-0.15, -0.1) is 0 Å². The van der Waals surface area contributed by atoms with E-state index in [0.717, 1.165) is 12.2 Å². The molecule has 2 heterocycles.